The predicted molar refractivity (Wildman–Crippen MR) is 123 cm³/mol. The normalized spacial score (nSPS) is 19.2. The predicted octanol–water partition coefficient (Wildman–Crippen LogP) is 3.07. The average molecular weight is 434 g/mol. The first kappa shape index (κ1) is 22.3. The van der Waals surface area contributed by atoms with Crippen molar-refractivity contribution in [2.45, 2.75) is 32.3 Å². The van der Waals surface area contributed by atoms with Gasteiger partial charge in [0.1, 0.15) is 17.9 Å². The summed E-state index contributed by atoms with van der Waals surface area (Å²) < 4.78 is 10.6. The van der Waals surface area contributed by atoms with Crippen molar-refractivity contribution in [1.82, 2.24) is 9.80 Å². The molecule has 1 fully saturated rings. The zero-order valence-electron chi connectivity index (χ0n) is 19.0. The second kappa shape index (κ2) is 10.2. The zero-order chi connectivity index (χ0) is 22.5. The van der Waals surface area contributed by atoms with E-state index in [-0.39, 0.29) is 12.1 Å². The molecule has 1 unspecified atom stereocenters. The number of ether oxygens (including phenoxy) is 2. The SMILES string of the molecule is COc1cc(CCN2CCN(CCc3ccc4c(c3)CC(C)OC4=O)CC2)ccc1C#N. The lowest BCUT2D eigenvalue weighted by Crippen LogP contribution is -2.47. The van der Waals surface area contributed by atoms with Crippen LogP contribution in [-0.4, -0.2) is 68.3 Å². The number of carbonyl (C=O) groups excluding carboxylic acids is 1. The van der Waals surface area contributed by atoms with Crippen LogP contribution in [0.15, 0.2) is 36.4 Å². The second-order valence-corrected chi connectivity index (χ2v) is 8.74. The lowest BCUT2D eigenvalue weighted by molar-refractivity contribution is 0.0301. The highest BCUT2D eigenvalue weighted by Crippen LogP contribution is 2.23. The minimum atomic E-state index is -0.194. The van der Waals surface area contributed by atoms with E-state index in [1.807, 2.05) is 31.2 Å². The Labute approximate surface area is 190 Å². The number of benzene rings is 2. The number of nitriles is 1. The maximum atomic E-state index is 12.0. The van der Waals surface area contributed by atoms with Crippen LogP contribution in [0.3, 0.4) is 0 Å². The lowest BCUT2D eigenvalue weighted by atomic mass is 9.96. The molecule has 1 atom stereocenters. The van der Waals surface area contributed by atoms with Crippen molar-refractivity contribution < 1.29 is 14.3 Å². The molecular formula is C26H31N3O3. The molecule has 0 aromatic heterocycles. The van der Waals surface area contributed by atoms with Gasteiger partial charge in [0.15, 0.2) is 0 Å². The Morgan fingerprint density at radius 1 is 1.03 bits per heavy atom. The minimum absolute atomic E-state index is 0.0382. The number of methoxy groups -OCH3 is 1. The van der Waals surface area contributed by atoms with E-state index < -0.39 is 0 Å². The van der Waals surface area contributed by atoms with Crippen molar-refractivity contribution in [1.29, 1.82) is 5.26 Å². The molecule has 2 aliphatic rings. The number of hydrogen-bond donors (Lipinski definition) is 0. The maximum absolute atomic E-state index is 12.0. The average Bonchev–Trinajstić information content (AvgIpc) is 2.81. The van der Waals surface area contributed by atoms with Crippen LogP contribution in [-0.2, 0) is 24.0 Å². The molecule has 2 aromatic carbocycles. The monoisotopic (exact) mass is 433 g/mol. The van der Waals surface area contributed by atoms with Gasteiger partial charge in [0.25, 0.3) is 0 Å². The number of esters is 1. The molecule has 0 N–H and O–H groups in total. The molecule has 1 saturated heterocycles. The van der Waals surface area contributed by atoms with E-state index in [2.05, 4.69) is 28.0 Å². The van der Waals surface area contributed by atoms with Crippen molar-refractivity contribution >= 4 is 5.97 Å². The molecule has 6 heteroatoms. The second-order valence-electron chi connectivity index (χ2n) is 8.74. The summed E-state index contributed by atoms with van der Waals surface area (Å²) in [7, 11) is 1.61. The Morgan fingerprint density at radius 2 is 1.66 bits per heavy atom. The molecule has 0 amide bonds. The largest absolute Gasteiger partial charge is 0.495 e. The summed E-state index contributed by atoms with van der Waals surface area (Å²) in [6.45, 7) is 8.30. The molecule has 0 bridgehead atoms. The van der Waals surface area contributed by atoms with Crippen LogP contribution >= 0.6 is 0 Å². The van der Waals surface area contributed by atoms with Crippen molar-refractivity contribution in [2.75, 3.05) is 46.4 Å². The zero-order valence-corrected chi connectivity index (χ0v) is 19.0. The van der Waals surface area contributed by atoms with Crippen molar-refractivity contribution in [3.63, 3.8) is 0 Å². The highest BCUT2D eigenvalue weighted by molar-refractivity contribution is 5.92. The van der Waals surface area contributed by atoms with Gasteiger partial charge in [-0.25, -0.2) is 4.79 Å². The van der Waals surface area contributed by atoms with E-state index in [4.69, 9.17) is 14.7 Å². The summed E-state index contributed by atoms with van der Waals surface area (Å²) >= 11 is 0. The van der Waals surface area contributed by atoms with E-state index in [1.54, 1.807) is 7.11 Å². The first-order valence-corrected chi connectivity index (χ1v) is 11.4. The molecule has 0 spiro atoms. The molecule has 2 heterocycles. The van der Waals surface area contributed by atoms with Crippen LogP contribution in [0.4, 0.5) is 0 Å². The summed E-state index contributed by atoms with van der Waals surface area (Å²) in [5.74, 6) is 0.462. The Balaban J connectivity index is 1.22. The van der Waals surface area contributed by atoms with Crippen molar-refractivity contribution in [2.24, 2.45) is 0 Å². The van der Waals surface area contributed by atoms with Crippen LogP contribution in [0.1, 0.15) is 39.5 Å². The maximum Gasteiger partial charge on any atom is 0.338 e. The molecule has 4 rings (SSSR count). The molecule has 2 aromatic rings. The third kappa shape index (κ3) is 5.29. The topological polar surface area (TPSA) is 65.8 Å². The standard InChI is InChI=1S/C26H31N3O3/c1-19-15-23-16-20(4-6-24(23)26(30)32-19)7-9-28-11-13-29(14-12-28)10-8-21-3-5-22(18-27)25(17-21)31-2/h3-6,16-17,19H,7-15H2,1-2H3. The van der Waals surface area contributed by atoms with Crippen LogP contribution in [0.2, 0.25) is 0 Å². The van der Waals surface area contributed by atoms with Gasteiger partial charge in [-0.3, -0.25) is 0 Å². The van der Waals surface area contributed by atoms with Gasteiger partial charge in [-0.15, -0.1) is 0 Å². The Bertz CT molecular complexity index is 1010. The van der Waals surface area contributed by atoms with Crippen LogP contribution in [0.5, 0.6) is 5.75 Å². The molecule has 6 nitrogen and oxygen atoms in total. The number of cyclic esters (lactones) is 1. The third-order valence-electron chi connectivity index (χ3n) is 6.49. The number of carbonyl (C=O) groups is 1. The van der Waals surface area contributed by atoms with Crippen molar-refractivity contribution in [3.05, 3.63) is 64.2 Å². The van der Waals surface area contributed by atoms with Gasteiger partial charge in [0, 0.05) is 45.7 Å². The summed E-state index contributed by atoms with van der Waals surface area (Å²) in [5.41, 5.74) is 4.92. The first-order chi connectivity index (χ1) is 15.6. The minimum Gasteiger partial charge on any atom is -0.495 e. The molecule has 0 radical (unpaired) electrons. The van der Waals surface area contributed by atoms with E-state index in [1.165, 1.54) is 11.1 Å². The number of piperazine rings is 1. The third-order valence-corrected chi connectivity index (χ3v) is 6.49. The fourth-order valence-corrected chi connectivity index (χ4v) is 4.56. The van der Waals surface area contributed by atoms with E-state index in [9.17, 15) is 4.79 Å². The fraction of sp³-hybridized carbons (Fsp3) is 0.462. The summed E-state index contributed by atoms with van der Waals surface area (Å²) in [5, 5.41) is 9.13. The Hall–Kier alpha value is -2.88. The molecule has 0 aliphatic carbocycles. The number of nitrogens with zero attached hydrogens (tertiary/aromatic N) is 3. The van der Waals surface area contributed by atoms with E-state index >= 15 is 0 Å². The number of hydrogen-bond acceptors (Lipinski definition) is 6. The van der Waals surface area contributed by atoms with Crippen molar-refractivity contribution in [3.8, 4) is 11.8 Å². The van der Waals surface area contributed by atoms with Gasteiger partial charge in [-0.1, -0.05) is 18.2 Å². The highest BCUT2D eigenvalue weighted by Gasteiger charge is 2.23. The van der Waals surface area contributed by atoms with Gasteiger partial charge in [-0.2, -0.15) is 5.26 Å². The molecular weight excluding hydrogens is 402 g/mol. The van der Waals surface area contributed by atoms with Gasteiger partial charge in [0.05, 0.1) is 18.2 Å². The molecule has 32 heavy (non-hydrogen) atoms. The molecule has 0 saturated carbocycles. The summed E-state index contributed by atoms with van der Waals surface area (Å²) in [4.78, 5) is 17.0. The van der Waals surface area contributed by atoms with Gasteiger partial charge < -0.3 is 19.3 Å². The van der Waals surface area contributed by atoms with Gasteiger partial charge in [0.2, 0.25) is 0 Å². The fourth-order valence-electron chi connectivity index (χ4n) is 4.56. The van der Waals surface area contributed by atoms with Crippen LogP contribution < -0.4 is 4.74 Å². The van der Waals surface area contributed by atoms with E-state index in [0.29, 0.717) is 11.3 Å². The summed E-state index contributed by atoms with van der Waals surface area (Å²) in [6, 6.07) is 14.2. The quantitative estimate of drug-likeness (QED) is 0.626. The Kier molecular flexibility index (Phi) is 7.09. The van der Waals surface area contributed by atoms with Crippen LogP contribution in [0.25, 0.3) is 0 Å². The number of rotatable bonds is 7. The lowest BCUT2D eigenvalue weighted by Gasteiger charge is -2.34. The molecule has 2 aliphatic heterocycles. The van der Waals surface area contributed by atoms with Gasteiger partial charge in [-0.05, 0) is 54.7 Å². The molecule has 168 valence electrons. The Morgan fingerprint density at radius 3 is 2.28 bits per heavy atom. The van der Waals surface area contributed by atoms with Crippen LogP contribution in [0, 0.1) is 11.3 Å². The highest BCUT2D eigenvalue weighted by atomic mass is 16.5. The smallest absolute Gasteiger partial charge is 0.338 e. The summed E-state index contributed by atoms with van der Waals surface area (Å²) in [6.07, 6.45) is 2.72. The van der Waals surface area contributed by atoms with Gasteiger partial charge >= 0.3 is 5.97 Å². The van der Waals surface area contributed by atoms with E-state index in [0.717, 1.165) is 69.7 Å². The first-order valence-electron chi connectivity index (χ1n) is 11.4. The number of fused-ring (bicyclic) bond motifs is 1.